The van der Waals surface area contributed by atoms with Crippen molar-refractivity contribution in [2.24, 2.45) is 7.05 Å². The molecule has 54 heavy (non-hydrogen) atoms. The van der Waals surface area contributed by atoms with E-state index in [4.69, 9.17) is 39.0 Å². The van der Waals surface area contributed by atoms with Crippen LogP contribution in [0.15, 0.2) is 22.2 Å². The number of nitrogens with zero attached hydrogens (tertiary/aromatic N) is 5. The first-order chi connectivity index (χ1) is 25.5. The standard InChI is InChI=1S/C25H36N10O16P2S/c1-33-9-35(19-13(33)21(41)32-25(27)30-19)23-17(39)15(37)11(51-23)7-49-53(44,45)47-3-5-54-4-2-46-52(42,43)48-6-10-14(36)16(38)22(50-10)34-8-28-12-18(34)29-24(26)31-20(12)40/h8-11,14-17,22-23,36-39H,2-7H2,1H3,(H7-,26,27,29,30,31,32,40,41,42,43,44,45)/p+2/t10-,11-,14-,15-,16-,17-,22-,23-/m1/s1. The number of aromatic amines is 3. The maximum absolute atomic E-state index is 12.4. The lowest BCUT2D eigenvalue weighted by Crippen LogP contribution is -2.46. The van der Waals surface area contributed by atoms with Crippen LogP contribution in [0.3, 0.4) is 0 Å². The number of ether oxygens (including phenoxy) is 2. The lowest BCUT2D eigenvalue weighted by Gasteiger charge is -2.17. The Labute approximate surface area is 305 Å². The summed E-state index contributed by atoms with van der Waals surface area (Å²) < 4.78 is 59.8. The lowest BCUT2D eigenvalue weighted by molar-refractivity contribution is -0.746. The number of phosphoric ester groups is 2. The highest BCUT2D eigenvalue weighted by atomic mass is 32.2. The first-order valence-corrected chi connectivity index (χ1v) is 20.0. The average molecular weight is 829 g/mol. The number of nitrogen functional groups attached to an aromatic ring is 2. The van der Waals surface area contributed by atoms with Crippen LogP contribution in [-0.2, 0) is 43.7 Å². The largest absolute Gasteiger partial charge is 0.472 e. The molecule has 0 saturated carbocycles. The average Bonchev–Trinajstić information content (AvgIpc) is 3.82. The molecule has 2 fully saturated rings. The summed E-state index contributed by atoms with van der Waals surface area (Å²) in [6.45, 7) is -1.92. The smallest absolute Gasteiger partial charge is 0.387 e. The third kappa shape index (κ3) is 8.54. The maximum Gasteiger partial charge on any atom is 0.472 e. The highest BCUT2D eigenvalue weighted by Gasteiger charge is 2.49. The molecule has 29 heteroatoms. The van der Waals surface area contributed by atoms with Crippen molar-refractivity contribution in [3.63, 3.8) is 0 Å². The van der Waals surface area contributed by atoms with Gasteiger partial charge in [-0.3, -0.25) is 47.2 Å². The van der Waals surface area contributed by atoms with Crippen LogP contribution < -0.4 is 31.7 Å². The molecule has 4 aromatic heterocycles. The fraction of sp³-hybridized carbons (Fsp3) is 0.600. The van der Waals surface area contributed by atoms with Crippen molar-refractivity contribution in [2.75, 3.05) is 49.4 Å². The van der Waals surface area contributed by atoms with Crippen LogP contribution in [0.1, 0.15) is 12.5 Å². The van der Waals surface area contributed by atoms with E-state index in [1.54, 1.807) is 7.05 Å². The van der Waals surface area contributed by atoms with Gasteiger partial charge in [-0.15, -0.1) is 0 Å². The lowest BCUT2D eigenvalue weighted by atomic mass is 10.1. The van der Waals surface area contributed by atoms with Gasteiger partial charge in [-0.1, -0.05) is 9.97 Å². The quantitative estimate of drug-likeness (QED) is 0.0288. The number of hydrogen-bond acceptors (Lipinski definition) is 19. The van der Waals surface area contributed by atoms with Crippen molar-refractivity contribution in [3.8, 4) is 0 Å². The van der Waals surface area contributed by atoms with Crippen molar-refractivity contribution in [2.45, 2.75) is 49.1 Å². The zero-order valence-corrected chi connectivity index (χ0v) is 30.6. The van der Waals surface area contributed by atoms with Crippen molar-refractivity contribution in [1.82, 2.24) is 29.5 Å². The van der Waals surface area contributed by atoms with Crippen LogP contribution in [0.2, 0.25) is 0 Å². The molecular weight excluding hydrogens is 790 g/mol. The Morgan fingerprint density at radius 2 is 1.31 bits per heavy atom. The van der Waals surface area contributed by atoms with E-state index in [2.05, 4.69) is 24.9 Å². The molecule has 13 N–H and O–H groups in total. The van der Waals surface area contributed by atoms with Gasteiger partial charge in [0, 0.05) is 11.5 Å². The number of thioether (sulfide) groups is 1. The number of aliphatic hydroxyl groups excluding tert-OH is 4. The number of imidazole rings is 2. The second-order valence-corrected chi connectivity index (χ2v) is 16.1. The number of H-pyrrole nitrogens is 3. The molecule has 0 amide bonds. The molecular formula is C25H38N10O16P2S+2. The number of fused-ring (bicyclic) bond motifs is 2. The van der Waals surface area contributed by atoms with Gasteiger partial charge in [0.25, 0.3) is 23.0 Å². The summed E-state index contributed by atoms with van der Waals surface area (Å²) in [5.41, 5.74) is 10.4. The molecule has 2 aliphatic rings. The van der Waals surface area contributed by atoms with Gasteiger partial charge in [-0.05, 0) is 0 Å². The molecule has 0 spiro atoms. The van der Waals surface area contributed by atoms with Gasteiger partial charge < -0.3 is 51.2 Å². The predicted octanol–water partition coefficient (Wildman–Crippen LogP) is -4.50. The first-order valence-electron chi connectivity index (χ1n) is 15.8. The number of nitrogens with one attached hydrogen (secondary N) is 3. The van der Waals surface area contributed by atoms with Crippen LogP contribution in [0.5, 0.6) is 0 Å². The summed E-state index contributed by atoms with van der Waals surface area (Å²) in [6.07, 6.45) is -8.61. The van der Waals surface area contributed by atoms with E-state index in [0.717, 1.165) is 11.8 Å². The summed E-state index contributed by atoms with van der Waals surface area (Å²) in [5, 5.41) is 42.2. The van der Waals surface area contributed by atoms with Crippen LogP contribution in [0.25, 0.3) is 22.3 Å². The van der Waals surface area contributed by atoms with E-state index in [-0.39, 0.29) is 58.9 Å². The van der Waals surface area contributed by atoms with E-state index < -0.39 is 89.1 Å². The summed E-state index contributed by atoms with van der Waals surface area (Å²) in [6, 6.07) is 0. The monoisotopic (exact) mass is 828 g/mol. The predicted molar refractivity (Wildman–Crippen MR) is 180 cm³/mol. The summed E-state index contributed by atoms with van der Waals surface area (Å²) in [4.78, 5) is 60.0. The van der Waals surface area contributed by atoms with Crippen molar-refractivity contribution < 1.29 is 76.0 Å². The van der Waals surface area contributed by atoms with Gasteiger partial charge in [-0.2, -0.15) is 11.8 Å². The number of anilines is 2. The highest BCUT2D eigenvalue weighted by molar-refractivity contribution is 7.99. The van der Waals surface area contributed by atoms with Gasteiger partial charge in [0.15, 0.2) is 12.7 Å². The van der Waals surface area contributed by atoms with Gasteiger partial charge in [-0.25, -0.2) is 18.3 Å². The minimum absolute atomic E-state index is 0.0263. The van der Waals surface area contributed by atoms with Crippen LogP contribution >= 0.6 is 27.4 Å². The molecule has 4 aromatic rings. The van der Waals surface area contributed by atoms with Crippen molar-refractivity contribution in [3.05, 3.63) is 33.4 Å². The third-order valence-electron chi connectivity index (χ3n) is 8.29. The summed E-state index contributed by atoms with van der Waals surface area (Å²) >= 11 is 1.12. The Hall–Kier alpha value is -3.37. The maximum atomic E-state index is 12.4. The Morgan fingerprint density at radius 3 is 1.87 bits per heavy atom. The topological polar surface area (TPSA) is 383 Å². The zero-order chi connectivity index (χ0) is 39.1. The SMILES string of the molecule is Cn1c[n+]([C@@H]2O[C@H](COP(=O)(O)OCCSCCOP(=O)(O)OC[C@H]3O[C@@H]([n+]4c[nH]c5c(=O)[nH]c(N)nc54)[C@H](O)[C@@H]3O)[C@@H](O)[C@H]2O)c2nc(N)[nH]c(=O)c21. The zero-order valence-electron chi connectivity index (χ0n) is 28.0. The second-order valence-electron chi connectivity index (χ2n) is 12.0. The Balaban J connectivity index is 0.891. The number of phosphoric acid groups is 2. The van der Waals surface area contributed by atoms with Gasteiger partial charge in [0.05, 0.1) is 33.5 Å². The highest BCUT2D eigenvalue weighted by Crippen LogP contribution is 2.45. The van der Waals surface area contributed by atoms with E-state index >= 15 is 0 Å². The molecule has 0 radical (unpaired) electrons. The summed E-state index contributed by atoms with van der Waals surface area (Å²) in [5.74, 6) is -0.162. The Bertz CT molecular complexity index is 2200. The van der Waals surface area contributed by atoms with Crippen LogP contribution in [0.4, 0.5) is 11.9 Å². The van der Waals surface area contributed by atoms with Gasteiger partial charge in [0.2, 0.25) is 23.5 Å². The Morgan fingerprint density at radius 1 is 0.815 bits per heavy atom. The molecule has 0 aliphatic carbocycles. The van der Waals surface area contributed by atoms with Crippen LogP contribution in [-0.4, -0.2) is 134 Å². The molecule has 298 valence electrons. The molecule has 0 aromatic carbocycles. The molecule has 6 rings (SSSR count). The normalized spacial score (nSPS) is 28.2. The molecule has 2 unspecified atom stereocenters. The third-order valence-corrected chi connectivity index (χ3v) is 11.2. The summed E-state index contributed by atoms with van der Waals surface area (Å²) in [7, 11) is -7.78. The molecule has 2 saturated heterocycles. The minimum Gasteiger partial charge on any atom is -0.387 e. The molecule has 26 nitrogen and oxygen atoms in total. The number of hydrogen-bond donors (Lipinski definition) is 11. The molecule has 6 heterocycles. The van der Waals surface area contributed by atoms with E-state index in [1.165, 1.54) is 26.4 Å². The van der Waals surface area contributed by atoms with E-state index in [9.17, 15) is 48.9 Å². The first kappa shape index (κ1) is 40.3. The fourth-order valence-corrected chi connectivity index (χ4v) is 8.09. The van der Waals surface area contributed by atoms with Gasteiger partial charge in [0.1, 0.15) is 36.6 Å². The number of aryl methyl sites for hydroxylation is 1. The van der Waals surface area contributed by atoms with Crippen molar-refractivity contribution in [1.29, 1.82) is 0 Å². The number of rotatable bonds is 16. The minimum atomic E-state index is -4.66. The Kier molecular flexibility index (Phi) is 11.9. The van der Waals surface area contributed by atoms with Crippen LogP contribution in [0, 0.1) is 0 Å². The number of nitrogens with two attached hydrogens (primary N) is 2. The molecule has 0 bridgehead atoms. The number of aliphatic hydroxyl groups is 4. The second kappa shape index (κ2) is 16.0. The molecule has 10 atom stereocenters. The van der Waals surface area contributed by atoms with Crippen molar-refractivity contribution >= 4 is 61.6 Å². The van der Waals surface area contributed by atoms with E-state index in [1.807, 2.05) is 0 Å². The fourth-order valence-electron chi connectivity index (χ4n) is 5.77. The molecule has 2 aliphatic heterocycles. The van der Waals surface area contributed by atoms with Gasteiger partial charge >= 0.3 is 26.9 Å². The number of aromatic nitrogens is 8. The van der Waals surface area contributed by atoms with E-state index in [0.29, 0.717) is 0 Å².